The van der Waals surface area contributed by atoms with Gasteiger partial charge in [0.15, 0.2) is 0 Å². The van der Waals surface area contributed by atoms with Gasteiger partial charge < -0.3 is 15.8 Å². The van der Waals surface area contributed by atoms with Gasteiger partial charge in [0.05, 0.1) is 13.2 Å². The van der Waals surface area contributed by atoms with E-state index in [-0.39, 0.29) is 11.9 Å². The quantitative estimate of drug-likeness (QED) is 0.569. The second kappa shape index (κ2) is 9.13. The van der Waals surface area contributed by atoms with Gasteiger partial charge in [-0.1, -0.05) is 30.5 Å². The summed E-state index contributed by atoms with van der Waals surface area (Å²) < 4.78 is 4.56. The Morgan fingerprint density at radius 1 is 1.19 bits per heavy atom. The number of unbranched alkanes of at least 4 members (excludes halogenated alkanes) is 2. The molecular formula is C16H24N2O3. The number of esters is 1. The number of methoxy groups -OCH3 is 1. The lowest BCUT2D eigenvalue weighted by Crippen LogP contribution is -2.35. The van der Waals surface area contributed by atoms with Gasteiger partial charge in [0, 0.05) is 12.1 Å². The summed E-state index contributed by atoms with van der Waals surface area (Å²) in [6.45, 7) is 1.99. The zero-order chi connectivity index (χ0) is 15.7. The second-order valence-corrected chi connectivity index (χ2v) is 5.14. The minimum absolute atomic E-state index is 0.174. The van der Waals surface area contributed by atoms with E-state index in [4.69, 9.17) is 5.73 Å². The molecule has 1 amide bonds. The Labute approximate surface area is 125 Å². The maximum Gasteiger partial charge on any atom is 0.305 e. The molecule has 0 fully saturated rings. The Balaban J connectivity index is 2.22. The maximum atomic E-state index is 11.9. The molecule has 0 unspecified atom stereocenters. The largest absolute Gasteiger partial charge is 0.469 e. The molecular weight excluding hydrogens is 268 g/mol. The van der Waals surface area contributed by atoms with Gasteiger partial charge in [-0.15, -0.1) is 0 Å². The molecule has 3 N–H and O–H groups in total. The van der Waals surface area contributed by atoms with Crippen LogP contribution in [0.3, 0.4) is 0 Å². The summed E-state index contributed by atoms with van der Waals surface area (Å²) in [5.41, 5.74) is 7.76. The van der Waals surface area contributed by atoms with E-state index in [1.54, 1.807) is 0 Å². The van der Waals surface area contributed by atoms with Crippen molar-refractivity contribution >= 4 is 17.6 Å². The zero-order valence-electron chi connectivity index (χ0n) is 12.7. The number of carbonyl (C=O) groups is 2. The van der Waals surface area contributed by atoms with Gasteiger partial charge in [0.2, 0.25) is 5.91 Å². The van der Waals surface area contributed by atoms with E-state index in [0.717, 1.165) is 30.5 Å². The number of anilines is 1. The molecule has 5 heteroatoms. The zero-order valence-corrected chi connectivity index (χ0v) is 12.7. The summed E-state index contributed by atoms with van der Waals surface area (Å²) in [4.78, 5) is 22.8. The first kappa shape index (κ1) is 17.2. The van der Waals surface area contributed by atoms with Crippen LogP contribution >= 0.6 is 0 Å². The van der Waals surface area contributed by atoms with Crippen LogP contribution in [0.1, 0.15) is 37.7 Å². The van der Waals surface area contributed by atoms with Crippen LogP contribution in [0.25, 0.3) is 0 Å². The average Bonchev–Trinajstić information content (AvgIpc) is 2.48. The van der Waals surface area contributed by atoms with Crippen LogP contribution in [-0.2, 0) is 14.3 Å². The highest BCUT2D eigenvalue weighted by Gasteiger charge is 2.13. The van der Waals surface area contributed by atoms with E-state index < -0.39 is 6.04 Å². The molecule has 1 aromatic carbocycles. The lowest BCUT2D eigenvalue weighted by molar-refractivity contribution is -0.140. The average molecular weight is 292 g/mol. The predicted molar refractivity (Wildman–Crippen MR) is 82.9 cm³/mol. The monoisotopic (exact) mass is 292 g/mol. The minimum Gasteiger partial charge on any atom is -0.469 e. The normalized spacial score (nSPS) is 11.8. The molecule has 0 saturated carbocycles. The molecule has 116 valence electrons. The predicted octanol–water partition coefficient (Wildman–Crippen LogP) is 2.38. The summed E-state index contributed by atoms with van der Waals surface area (Å²) in [7, 11) is 1.38. The highest BCUT2D eigenvalue weighted by Crippen LogP contribution is 2.10. The fourth-order valence-corrected chi connectivity index (χ4v) is 1.92. The van der Waals surface area contributed by atoms with Crippen molar-refractivity contribution < 1.29 is 14.3 Å². The van der Waals surface area contributed by atoms with Crippen LogP contribution in [0.2, 0.25) is 0 Å². The lowest BCUT2D eigenvalue weighted by atomic mass is 10.1. The van der Waals surface area contributed by atoms with Crippen LogP contribution in [0.15, 0.2) is 24.3 Å². The van der Waals surface area contributed by atoms with Gasteiger partial charge in [0.25, 0.3) is 0 Å². The van der Waals surface area contributed by atoms with Crippen molar-refractivity contribution in [1.82, 2.24) is 0 Å². The van der Waals surface area contributed by atoms with Crippen LogP contribution in [-0.4, -0.2) is 25.0 Å². The first-order chi connectivity index (χ1) is 10.0. The summed E-state index contributed by atoms with van der Waals surface area (Å²) in [5, 5.41) is 2.80. The van der Waals surface area contributed by atoms with E-state index in [0.29, 0.717) is 12.8 Å². The molecule has 0 saturated heterocycles. The van der Waals surface area contributed by atoms with E-state index in [9.17, 15) is 9.59 Å². The number of nitrogens with two attached hydrogens (primary N) is 1. The number of benzene rings is 1. The molecule has 1 aromatic rings. The fourth-order valence-electron chi connectivity index (χ4n) is 1.92. The highest BCUT2D eigenvalue weighted by atomic mass is 16.5. The standard InChI is InChI=1S/C16H24N2O3/c1-12-8-10-13(11-9-12)18-16(20)14(17)6-4-3-5-7-15(19)21-2/h8-11,14H,3-7,17H2,1-2H3,(H,18,20)/t14-/m0/s1. The molecule has 0 spiro atoms. The van der Waals surface area contributed by atoms with Crippen LogP contribution < -0.4 is 11.1 Å². The SMILES string of the molecule is COC(=O)CCCCC[C@H](N)C(=O)Nc1ccc(C)cc1. The Morgan fingerprint density at radius 3 is 2.48 bits per heavy atom. The van der Waals surface area contributed by atoms with Gasteiger partial charge in [-0.2, -0.15) is 0 Å². The van der Waals surface area contributed by atoms with Crippen LogP contribution in [0, 0.1) is 6.92 Å². The molecule has 0 aliphatic heterocycles. The molecule has 21 heavy (non-hydrogen) atoms. The first-order valence-electron chi connectivity index (χ1n) is 7.23. The number of rotatable bonds is 8. The maximum absolute atomic E-state index is 11.9. The Hall–Kier alpha value is -1.88. The molecule has 0 aromatic heterocycles. The van der Waals surface area contributed by atoms with Gasteiger partial charge in [-0.3, -0.25) is 9.59 Å². The van der Waals surface area contributed by atoms with E-state index in [1.807, 2.05) is 31.2 Å². The number of amides is 1. The third kappa shape index (κ3) is 6.90. The summed E-state index contributed by atoms with van der Waals surface area (Å²) in [6.07, 6.45) is 3.47. The third-order valence-electron chi connectivity index (χ3n) is 3.28. The smallest absolute Gasteiger partial charge is 0.305 e. The topological polar surface area (TPSA) is 81.4 Å². The van der Waals surface area contributed by atoms with Gasteiger partial charge >= 0.3 is 5.97 Å². The Kier molecular flexibility index (Phi) is 7.46. The van der Waals surface area contributed by atoms with E-state index in [2.05, 4.69) is 10.1 Å². The van der Waals surface area contributed by atoms with Crippen molar-refractivity contribution in [3.05, 3.63) is 29.8 Å². The van der Waals surface area contributed by atoms with Crippen LogP contribution in [0.4, 0.5) is 5.69 Å². The van der Waals surface area contributed by atoms with Gasteiger partial charge in [-0.25, -0.2) is 0 Å². The summed E-state index contributed by atoms with van der Waals surface area (Å²) in [5.74, 6) is -0.372. The number of nitrogens with one attached hydrogen (secondary N) is 1. The summed E-state index contributed by atoms with van der Waals surface area (Å²) in [6, 6.07) is 7.07. The lowest BCUT2D eigenvalue weighted by Gasteiger charge is -2.12. The third-order valence-corrected chi connectivity index (χ3v) is 3.28. The number of hydrogen-bond acceptors (Lipinski definition) is 4. The van der Waals surface area contributed by atoms with Crippen molar-refractivity contribution in [3.63, 3.8) is 0 Å². The highest BCUT2D eigenvalue weighted by molar-refractivity contribution is 5.94. The van der Waals surface area contributed by atoms with Crippen molar-refractivity contribution in [1.29, 1.82) is 0 Å². The Morgan fingerprint density at radius 2 is 1.86 bits per heavy atom. The van der Waals surface area contributed by atoms with E-state index >= 15 is 0 Å². The molecule has 5 nitrogen and oxygen atoms in total. The molecule has 0 radical (unpaired) electrons. The number of aryl methyl sites for hydroxylation is 1. The molecule has 1 atom stereocenters. The van der Waals surface area contributed by atoms with Gasteiger partial charge in [-0.05, 0) is 31.9 Å². The number of carbonyl (C=O) groups excluding carboxylic acids is 2. The molecule has 1 rings (SSSR count). The first-order valence-corrected chi connectivity index (χ1v) is 7.23. The molecule has 0 aliphatic carbocycles. The molecule has 0 aliphatic rings. The molecule has 0 heterocycles. The number of ether oxygens (including phenoxy) is 1. The summed E-state index contributed by atoms with van der Waals surface area (Å²) >= 11 is 0. The van der Waals surface area contributed by atoms with Crippen molar-refractivity contribution in [2.75, 3.05) is 12.4 Å². The van der Waals surface area contributed by atoms with Crippen molar-refractivity contribution in [2.45, 2.75) is 45.1 Å². The number of hydrogen-bond donors (Lipinski definition) is 2. The Bertz CT molecular complexity index is 457. The van der Waals surface area contributed by atoms with Gasteiger partial charge in [0.1, 0.15) is 0 Å². The fraction of sp³-hybridized carbons (Fsp3) is 0.500. The molecule has 0 bridgehead atoms. The van der Waals surface area contributed by atoms with Crippen molar-refractivity contribution in [2.24, 2.45) is 5.73 Å². The minimum atomic E-state index is -0.524. The second-order valence-electron chi connectivity index (χ2n) is 5.14. The van der Waals surface area contributed by atoms with Crippen molar-refractivity contribution in [3.8, 4) is 0 Å². The van der Waals surface area contributed by atoms with Crippen LogP contribution in [0.5, 0.6) is 0 Å². The van der Waals surface area contributed by atoms with E-state index in [1.165, 1.54) is 7.11 Å².